The molecule has 1 aromatic heterocycles. The van der Waals surface area contributed by atoms with E-state index in [1.807, 2.05) is 47.8 Å². The number of hydrogen-bond acceptors (Lipinski definition) is 4. The third-order valence-corrected chi connectivity index (χ3v) is 5.47. The van der Waals surface area contributed by atoms with Crippen LogP contribution in [0, 0.1) is 0 Å². The number of benzene rings is 2. The van der Waals surface area contributed by atoms with Crippen LogP contribution in [-0.2, 0) is 17.8 Å². The Bertz CT molecular complexity index is 963. The maximum absolute atomic E-state index is 12.2. The van der Waals surface area contributed by atoms with Gasteiger partial charge in [-0.25, -0.2) is 4.98 Å². The summed E-state index contributed by atoms with van der Waals surface area (Å²) in [6, 6.07) is 17.6. The van der Waals surface area contributed by atoms with E-state index in [2.05, 4.69) is 15.6 Å². The van der Waals surface area contributed by atoms with Crippen molar-refractivity contribution in [3.63, 3.8) is 0 Å². The fourth-order valence-electron chi connectivity index (χ4n) is 2.80. The van der Waals surface area contributed by atoms with Crippen LogP contribution in [0.15, 0.2) is 60.0 Å². The number of carbonyl (C=O) groups excluding carboxylic acids is 2. The van der Waals surface area contributed by atoms with Crippen LogP contribution < -0.4 is 10.6 Å². The average molecular weight is 391 g/mol. The zero-order chi connectivity index (χ0) is 19.3. The van der Waals surface area contributed by atoms with Crippen molar-refractivity contribution in [2.24, 2.45) is 0 Å². The van der Waals surface area contributed by atoms with E-state index in [1.165, 1.54) is 0 Å². The summed E-state index contributed by atoms with van der Waals surface area (Å²) in [6.45, 7) is 0.430. The molecule has 0 spiro atoms. The highest BCUT2D eigenvalue weighted by Crippen LogP contribution is 2.23. The minimum atomic E-state index is -0.0690. The molecule has 142 valence electrons. The Morgan fingerprint density at radius 3 is 2.50 bits per heavy atom. The maximum atomic E-state index is 12.2. The quantitative estimate of drug-likeness (QED) is 0.647. The SMILES string of the molecule is O=C(Cc1csc(-c2ccccc2)n1)NCc1ccc(C(=O)NC2CC2)cc1. The summed E-state index contributed by atoms with van der Waals surface area (Å²) in [6.07, 6.45) is 2.40. The Morgan fingerprint density at radius 1 is 1.04 bits per heavy atom. The summed E-state index contributed by atoms with van der Waals surface area (Å²) >= 11 is 1.54. The smallest absolute Gasteiger partial charge is 0.251 e. The zero-order valence-corrected chi connectivity index (χ0v) is 16.2. The van der Waals surface area contributed by atoms with Gasteiger partial charge in [-0.2, -0.15) is 0 Å². The minimum absolute atomic E-state index is 0.0316. The van der Waals surface area contributed by atoms with E-state index in [0.29, 0.717) is 18.2 Å². The topological polar surface area (TPSA) is 71.1 Å². The Balaban J connectivity index is 1.27. The van der Waals surface area contributed by atoms with Crippen LogP contribution in [-0.4, -0.2) is 22.8 Å². The molecule has 5 nitrogen and oxygen atoms in total. The van der Waals surface area contributed by atoms with Gasteiger partial charge in [-0.1, -0.05) is 42.5 Å². The molecule has 28 heavy (non-hydrogen) atoms. The number of hydrogen-bond donors (Lipinski definition) is 2. The fourth-order valence-corrected chi connectivity index (χ4v) is 3.63. The second kappa shape index (κ2) is 8.35. The van der Waals surface area contributed by atoms with Crippen molar-refractivity contribution in [3.05, 3.63) is 76.8 Å². The fraction of sp³-hybridized carbons (Fsp3) is 0.227. The summed E-state index contributed by atoms with van der Waals surface area (Å²) in [7, 11) is 0. The first-order chi connectivity index (χ1) is 13.7. The molecule has 2 N–H and O–H groups in total. The van der Waals surface area contributed by atoms with E-state index in [0.717, 1.165) is 34.7 Å². The third-order valence-electron chi connectivity index (χ3n) is 4.53. The maximum Gasteiger partial charge on any atom is 0.251 e. The summed E-state index contributed by atoms with van der Waals surface area (Å²) in [4.78, 5) is 28.8. The van der Waals surface area contributed by atoms with Gasteiger partial charge in [0, 0.05) is 29.1 Å². The highest BCUT2D eigenvalue weighted by Gasteiger charge is 2.23. The van der Waals surface area contributed by atoms with Gasteiger partial charge in [-0.3, -0.25) is 9.59 Å². The molecule has 0 atom stereocenters. The molecule has 3 aromatic rings. The summed E-state index contributed by atoms with van der Waals surface area (Å²) in [5, 5.41) is 8.72. The Hall–Kier alpha value is -2.99. The molecule has 2 aromatic carbocycles. The third kappa shape index (κ3) is 4.84. The molecule has 0 radical (unpaired) electrons. The van der Waals surface area contributed by atoms with Crippen molar-refractivity contribution in [3.8, 4) is 10.6 Å². The summed E-state index contributed by atoms with van der Waals surface area (Å²) < 4.78 is 0. The number of amides is 2. The Kier molecular flexibility index (Phi) is 5.48. The number of carbonyl (C=O) groups is 2. The predicted molar refractivity (Wildman–Crippen MR) is 110 cm³/mol. The number of aromatic nitrogens is 1. The van der Waals surface area contributed by atoms with Gasteiger partial charge in [-0.05, 0) is 30.5 Å². The standard InChI is InChI=1S/C22H21N3O2S/c26-20(12-19-14-28-22(25-19)17-4-2-1-3-5-17)23-13-15-6-8-16(9-7-15)21(27)24-18-10-11-18/h1-9,14,18H,10-13H2,(H,23,26)(H,24,27). The second-order valence-corrected chi connectivity index (χ2v) is 7.77. The van der Waals surface area contributed by atoms with E-state index in [4.69, 9.17) is 0 Å². The van der Waals surface area contributed by atoms with Gasteiger partial charge in [0.05, 0.1) is 12.1 Å². The van der Waals surface area contributed by atoms with E-state index in [9.17, 15) is 9.59 Å². The molecule has 2 amide bonds. The van der Waals surface area contributed by atoms with Crippen molar-refractivity contribution >= 4 is 23.2 Å². The molecule has 0 unspecified atom stereocenters. The Morgan fingerprint density at radius 2 is 1.79 bits per heavy atom. The van der Waals surface area contributed by atoms with Crippen LogP contribution in [0.1, 0.15) is 34.5 Å². The number of nitrogens with zero attached hydrogens (tertiary/aromatic N) is 1. The van der Waals surface area contributed by atoms with Crippen molar-refractivity contribution in [1.82, 2.24) is 15.6 Å². The summed E-state index contributed by atoms with van der Waals surface area (Å²) in [5.74, 6) is -0.101. The van der Waals surface area contributed by atoms with Crippen molar-refractivity contribution in [2.45, 2.75) is 31.8 Å². The molecule has 0 aliphatic heterocycles. The van der Waals surface area contributed by atoms with Crippen LogP contribution in [0.5, 0.6) is 0 Å². The largest absolute Gasteiger partial charge is 0.352 e. The lowest BCUT2D eigenvalue weighted by atomic mass is 10.1. The van der Waals surface area contributed by atoms with Crippen molar-refractivity contribution < 1.29 is 9.59 Å². The van der Waals surface area contributed by atoms with Gasteiger partial charge in [0.25, 0.3) is 5.91 Å². The first-order valence-electron chi connectivity index (χ1n) is 9.34. The number of rotatable bonds is 7. The second-order valence-electron chi connectivity index (χ2n) is 6.91. The molecule has 4 rings (SSSR count). The lowest BCUT2D eigenvalue weighted by Crippen LogP contribution is -2.26. The van der Waals surface area contributed by atoms with Crippen molar-refractivity contribution in [2.75, 3.05) is 0 Å². The highest BCUT2D eigenvalue weighted by atomic mass is 32.1. The molecule has 1 fully saturated rings. The van der Waals surface area contributed by atoms with Gasteiger partial charge < -0.3 is 10.6 Å². The molecule has 1 aliphatic rings. The van der Waals surface area contributed by atoms with E-state index < -0.39 is 0 Å². The minimum Gasteiger partial charge on any atom is -0.352 e. The molecule has 0 bridgehead atoms. The first-order valence-corrected chi connectivity index (χ1v) is 10.2. The molecule has 0 saturated heterocycles. The van der Waals surface area contributed by atoms with Crippen LogP contribution in [0.25, 0.3) is 10.6 Å². The average Bonchev–Trinajstić information content (AvgIpc) is 3.42. The molecule has 1 aliphatic carbocycles. The molecular formula is C22H21N3O2S. The summed E-state index contributed by atoms with van der Waals surface area (Å²) in [5.41, 5.74) is 3.44. The zero-order valence-electron chi connectivity index (χ0n) is 15.4. The lowest BCUT2D eigenvalue weighted by Gasteiger charge is -2.06. The van der Waals surface area contributed by atoms with Gasteiger partial charge >= 0.3 is 0 Å². The van der Waals surface area contributed by atoms with Crippen LogP contribution in [0.3, 0.4) is 0 Å². The van der Waals surface area contributed by atoms with Gasteiger partial charge in [0.2, 0.25) is 5.91 Å². The number of thiazole rings is 1. The molecule has 6 heteroatoms. The predicted octanol–water partition coefficient (Wildman–Crippen LogP) is 3.56. The Labute approximate surface area is 167 Å². The molecular weight excluding hydrogens is 370 g/mol. The molecule has 1 heterocycles. The number of nitrogens with one attached hydrogen (secondary N) is 2. The van der Waals surface area contributed by atoms with Crippen LogP contribution in [0.2, 0.25) is 0 Å². The van der Waals surface area contributed by atoms with Gasteiger partial charge in [0.1, 0.15) is 5.01 Å². The highest BCUT2D eigenvalue weighted by molar-refractivity contribution is 7.13. The van der Waals surface area contributed by atoms with Crippen molar-refractivity contribution in [1.29, 1.82) is 0 Å². The van der Waals surface area contributed by atoms with Gasteiger partial charge in [0.15, 0.2) is 0 Å². The lowest BCUT2D eigenvalue weighted by molar-refractivity contribution is -0.120. The van der Waals surface area contributed by atoms with Crippen LogP contribution >= 0.6 is 11.3 Å². The van der Waals surface area contributed by atoms with Gasteiger partial charge in [-0.15, -0.1) is 11.3 Å². The molecule has 1 saturated carbocycles. The van der Waals surface area contributed by atoms with E-state index in [-0.39, 0.29) is 18.2 Å². The van der Waals surface area contributed by atoms with Crippen LogP contribution in [0.4, 0.5) is 0 Å². The van der Waals surface area contributed by atoms with E-state index >= 15 is 0 Å². The normalized spacial score (nSPS) is 13.1. The first kappa shape index (κ1) is 18.4. The monoisotopic (exact) mass is 391 g/mol. The van der Waals surface area contributed by atoms with E-state index in [1.54, 1.807) is 23.5 Å².